The molecule has 1 amide bonds. The number of nitrogens with one attached hydrogen (secondary N) is 1. The van der Waals surface area contributed by atoms with Gasteiger partial charge in [-0.3, -0.25) is 14.9 Å². The van der Waals surface area contributed by atoms with Gasteiger partial charge in [-0.2, -0.15) is 5.26 Å². The van der Waals surface area contributed by atoms with E-state index in [1.807, 2.05) is 0 Å². The minimum absolute atomic E-state index is 0.0108. The van der Waals surface area contributed by atoms with Crippen LogP contribution in [-0.4, -0.2) is 39.3 Å². The van der Waals surface area contributed by atoms with Crippen molar-refractivity contribution in [1.29, 1.82) is 5.26 Å². The summed E-state index contributed by atoms with van der Waals surface area (Å²) in [6, 6.07) is 8.90. The number of anilines is 1. The predicted molar refractivity (Wildman–Crippen MR) is 108 cm³/mol. The van der Waals surface area contributed by atoms with Gasteiger partial charge in [-0.05, 0) is 24.3 Å². The molecule has 0 radical (unpaired) electrons. The van der Waals surface area contributed by atoms with Crippen LogP contribution in [0.5, 0.6) is 23.0 Å². The fourth-order valence-corrected chi connectivity index (χ4v) is 2.57. The molecule has 0 aliphatic heterocycles. The maximum Gasteiger partial charge on any atom is 0.280 e. The van der Waals surface area contributed by atoms with Gasteiger partial charge in [0.15, 0.2) is 23.0 Å². The number of amides is 1. The molecule has 0 atom stereocenters. The molecule has 0 heterocycles. The van der Waals surface area contributed by atoms with Gasteiger partial charge in [0.25, 0.3) is 11.6 Å². The Balaban J connectivity index is 2.43. The maximum atomic E-state index is 12.6. The van der Waals surface area contributed by atoms with Crippen LogP contribution in [0.4, 0.5) is 11.4 Å². The van der Waals surface area contributed by atoms with Gasteiger partial charge < -0.3 is 24.3 Å². The number of methoxy groups -OCH3 is 4. The van der Waals surface area contributed by atoms with Gasteiger partial charge >= 0.3 is 0 Å². The van der Waals surface area contributed by atoms with Crippen molar-refractivity contribution in [2.24, 2.45) is 0 Å². The van der Waals surface area contributed by atoms with Gasteiger partial charge in [0, 0.05) is 11.8 Å². The third kappa shape index (κ3) is 4.77. The molecular formula is C20H19N3O7. The number of ether oxygens (including phenoxy) is 4. The second-order valence-corrected chi connectivity index (χ2v) is 5.72. The number of rotatable bonds is 8. The fraction of sp³-hybridized carbons (Fsp3) is 0.200. The van der Waals surface area contributed by atoms with E-state index in [0.717, 1.165) is 12.1 Å². The zero-order valence-electron chi connectivity index (χ0n) is 16.7. The minimum atomic E-state index is -0.756. The predicted octanol–water partition coefficient (Wildman–Crippen LogP) is 3.17. The molecule has 0 aromatic heterocycles. The Morgan fingerprint density at radius 2 is 1.57 bits per heavy atom. The number of nitrogens with zero attached hydrogens (tertiary/aromatic N) is 2. The minimum Gasteiger partial charge on any atom is -0.493 e. The van der Waals surface area contributed by atoms with Crippen LogP contribution in [0.25, 0.3) is 6.08 Å². The zero-order chi connectivity index (χ0) is 22.3. The molecular weight excluding hydrogens is 394 g/mol. The lowest BCUT2D eigenvalue weighted by Crippen LogP contribution is -2.13. The SMILES string of the molecule is COc1ccc(NC(=O)/C(C#N)=C/c2cc(OC)c(OC)cc2[N+](=O)[O-])cc1OC. The van der Waals surface area contributed by atoms with E-state index in [1.54, 1.807) is 18.2 Å². The first-order valence-corrected chi connectivity index (χ1v) is 8.44. The summed E-state index contributed by atoms with van der Waals surface area (Å²) >= 11 is 0. The lowest BCUT2D eigenvalue weighted by molar-refractivity contribution is -0.385. The van der Waals surface area contributed by atoms with Crippen LogP contribution in [0.1, 0.15) is 5.56 Å². The summed E-state index contributed by atoms with van der Waals surface area (Å²) in [6.07, 6.45) is 1.11. The van der Waals surface area contributed by atoms with Crippen LogP contribution < -0.4 is 24.3 Å². The van der Waals surface area contributed by atoms with Gasteiger partial charge in [-0.25, -0.2) is 0 Å². The third-order valence-corrected chi connectivity index (χ3v) is 4.04. The van der Waals surface area contributed by atoms with Gasteiger partial charge in [0.05, 0.1) is 45.0 Å². The van der Waals surface area contributed by atoms with Gasteiger partial charge in [-0.1, -0.05) is 0 Å². The first-order valence-electron chi connectivity index (χ1n) is 8.44. The van der Waals surface area contributed by atoms with Gasteiger partial charge in [0.2, 0.25) is 0 Å². The Morgan fingerprint density at radius 1 is 1.00 bits per heavy atom. The molecule has 2 aromatic carbocycles. The molecule has 0 aliphatic rings. The van der Waals surface area contributed by atoms with E-state index in [0.29, 0.717) is 17.2 Å². The highest BCUT2D eigenvalue weighted by molar-refractivity contribution is 6.10. The lowest BCUT2D eigenvalue weighted by Gasteiger charge is -2.11. The van der Waals surface area contributed by atoms with Crippen LogP contribution in [0.15, 0.2) is 35.9 Å². The van der Waals surface area contributed by atoms with Crippen LogP contribution in [0, 0.1) is 21.4 Å². The van der Waals surface area contributed by atoms with Crippen LogP contribution in [0.3, 0.4) is 0 Å². The Hall–Kier alpha value is -4.26. The number of benzene rings is 2. The summed E-state index contributed by atoms with van der Waals surface area (Å²) in [5.74, 6) is 0.455. The Labute approximate surface area is 172 Å². The summed E-state index contributed by atoms with van der Waals surface area (Å²) in [6.45, 7) is 0. The molecule has 156 valence electrons. The number of carbonyl (C=O) groups is 1. The zero-order valence-corrected chi connectivity index (χ0v) is 16.7. The second-order valence-electron chi connectivity index (χ2n) is 5.72. The van der Waals surface area contributed by atoms with E-state index < -0.39 is 10.8 Å². The molecule has 2 aromatic rings. The topological polar surface area (TPSA) is 133 Å². The average Bonchev–Trinajstić information content (AvgIpc) is 2.76. The maximum absolute atomic E-state index is 12.6. The van der Waals surface area contributed by atoms with Crippen LogP contribution >= 0.6 is 0 Å². The third-order valence-electron chi connectivity index (χ3n) is 4.04. The first-order chi connectivity index (χ1) is 14.4. The van der Waals surface area contributed by atoms with E-state index in [4.69, 9.17) is 18.9 Å². The van der Waals surface area contributed by atoms with Crippen molar-refractivity contribution < 1.29 is 28.7 Å². The molecule has 10 heteroatoms. The van der Waals surface area contributed by atoms with E-state index >= 15 is 0 Å². The summed E-state index contributed by atoms with van der Waals surface area (Å²) in [7, 11) is 5.63. The normalized spacial score (nSPS) is 10.6. The standard InChI is InChI=1S/C20H19N3O7/c1-27-16-6-5-14(9-18(16)29-3)22-20(24)13(11-21)7-12-8-17(28-2)19(30-4)10-15(12)23(25)26/h5-10H,1-4H3,(H,22,24)/b13-7+. The van der Waals surface area contributed by atoms with Gasteiger partial charge in [-0.15, -0.1) is 0 Å². The van der Waals surface area contributed by atoms with E-state index in [-0.39, 0.29) is 28.3 Å². The molecule has 0 fully saturated rings. The van der Waals surface area contributed by atoms with Crippen molar-refractivity contribution in [2.45, 2.75) is 0 Å². The van der Waals surface area contributed by atoms with Gasteiger partial charge in [0.1, 0.15) is 11.6 Å². The van der Waals surface area contributed by atoms with Crippen molar-refractivity contribution in [1.82, 2.24) is 0 Å². The molecule has 2 rings (SSSR count). The molecule has 0 aliphatic carbocycles. The Kier molecular flexibility index (Phi) is 7.19. The summed E-state index contributed by atoms with van der Waals surface area (Å²) in [5.41, 5.74) is -0.336. The smallest absolute Gasteiger partial charge is 0.280 e. The van der Waals surface area contributed by atoms with Crippen LogP contribution in [-0.2, 0) is 4.79 Å². The number of nitriles is 1. The molecule has 30 heavy (non-hydrogen) atoms. The largest absolute Gasteiger partial charge is 0.493 e. The fourth-order valence-electron chi connectivity index (χ4n) is 2.57. The Morgan fingerprint density at radius 3 is 2.10 bits per heavy atom. The number of nitro groups is 1. The van der Waals surface area contributed by atoms with Crippen molar-refractivity contribution >= 4 is 23.4 Å². The molecule has 0 saturated heterocycles. The van der Waals surface area contributed by atoms with Crippen molar-refractivity contribution in [3.8, 4) is 29.1 Å². The molecule has 10 nitrogen and oxygen atoms in total. The molecule has 1 N–H and O–H groups in total. The highest BCUT2D eigenvalue weighted by Crippen LogP contribution is 2.35. The van der Waals surface area contributed by atoms with Crippen molar-refractivity contribution in [2.75, 3.05) is 33.8 Å². The quantitative estimate of drug-likeness (QED) is 0.302. The highest BCUT2D eigenvalue weighted by Gasteiger charge is 2.20. The molecule has 0 unspecified atom stereocenters. The molecule has 0 spiro atoms. The monoisotopic (exact) mass is 413 g/mol. The van der Waals surface area contributed by atoms with Crippen molar-refractivity contribution in [3.63, 3.8) is 0 Å². The Bertz CT molecular complexity index is 1040. The first kappa shape index (κ1) is 22.0. The number of hydrogen-bond acceptors (Lipinski definition) is 8. The summed E-state index contributed by atoms with van der Waals surface area (Å²) in [5, 5.41) is 23.4. The summed E-state index contributed by atoms with van der Waals surface area (Å²) < 4.78 is 20.5. The van der Waals surface area contributed by atoms with E-state index in [9.17, 15) is 20.2 Å². The second kappa shape index (κ2) is 9.79. The van der Waals surface area contributed by atoms with E-state index in [1.165, 1.54) is 40.6 Å². The van der Waals surface area contributed by atoms with Crippen molar-refractivity contribution in [3.05, 3.63) is 51.6 Å². The van der Waals surface area contributed by atoms with Crippen LogP contribution in [0.2, 0.25) is 0 Å². The van der Waals surface area contributed by atoms with E-state index in [2.05, 4.69) is 5.32 Å². The molecule has 0 saturated carbocycles. The average molecular weight is 413 g/mol. The molecule has 0 bridgehead atoms. The number of nitro benzene ring substituents is 1. The number of carbonyl (C=O) groups excluding carboxylic acids is 1. The lowest BCUT2D eigenvalue weighted by atomic mass is 10.1. The number of hydrogen-bond donors (Lipinski definition) is 1. The highest BCUT2D eigenvalue weighted by atomic mass is 16.6. The summed E-state index contributed by atoms with van der Waals surface area (Å²) in [4.78, 5) is 23.3.